The van der Waals surface area contributed by atoms with Gasteiger partial charge in [0.25, 0.3) is 0 Å². The molecule has 1 aromatic rings. The van der Waals surface area contributed by atoms with Gasteiger partial charge in [0.2, 0.25) is 10.0 Å². The molecular weight excluding hydrogens is 262 g/mol. The Bertz CT molecular complexity index is 622. The number of hydrogen-bond acceptors (Lipinski definition) is 3. The molecule has 102 valence electrons. The summed E-state index contributed by atoms with van der Waals surface area (Å²) in [6, 6.07) is 5.39. The predicted molar refractivity (Wildman–Crippen MR) is 71.5 cm³/mol. The molecule has 1 aliphatic carbocycles. The van der Waals surface area contributed by atoms with Gasteiger partial charge in [0.15, 0.2) is 0 Å². The van der Waals surface area contributed by atoms with Crippen LogP contribution >= 0.6 is 0 Å². The van der Waals surface area contributed by atoms with Gasteiger partial charge in [0, 0.05) is 13.0 Å². The molecule has 1 aliphatic heterocycles. The number of nitrogens with zero attached hydrogens (tertiary/aromatic N) is 1. The highest BCUT2D eigenvalue weighted by molar-refractivity contribution is 7.89. The molecule has 4 nitrogen and oxygen atoms in total. The summed E-state index contributed by atoms with van der Waals surface area (Å²) in [5.41, 5.74) is 2.40. The van der Waals surface area contributed by atoms with E-state index < -0.39 is 10.0 Å². The highest BCUT2D eigenvalue weighted by atomic mass is 32.2. The molecule has 1 fully saturated rings. The highest BCUT2D eigenvalue weighted by Gasteiger charge is 2.29. The van der Waals surface area contributed by atoms with Gasteiger partial charge in [0.05, 0.1) is 11.4 Å². The lowest BCUT2D eigenvalue weighted by Crippen LogP contribution is -2.40. The zero-order valence-electron chi connectivity index (χ0n) is 10.8. The van der Waals surface area contributed by atoms with Crippen LogP contribution in [-0.4, -0.2) is 31.6 Å². The molecule has 5 heteroatoms. The highest BCUT2D eigenvalue weighted by Crippen LogP contribution is 2.27. The zero-order valence-corrected chi connectivity index (χ0v) is 11.6. The second-order valence-corrected chi connectivity index (χ2v) is 7.20. The van der Waals surface area contributed by atoms with Crippen LogP contribution in [0.2, 0.25) is 0 Å². The summed E-state index contributed by atoms with van der Waals surface area (Å²) in [4.78, 5) is 11.8. The van der Waals surface area contributed by atoms with Crippen molar-refractivity contribution >= 4 is 15.8 Å². The van der Waals surface area contributed by atoms with Crippen molar-refractivity contribution < 1.29 is 13.2 Å². The van der Waals surface area contributed by atoms with Gasteiger partial charge in [-0.2, -0.15) is 4.31 Å². The second-order valence-electron chi connectivity index (χ2n) is 5.26. The van der Waals surface area contributed by atoms with Crippen molar-refractivity contribution in [1.29, 1.82) is 0 Å². The molecule has 0 amide bonds. The third-order valence-corrected chi connectivity index (χ3v) is 5.76. The third kappa shape index (κ3) is 2.32. The number of carbonyl (C=O) groups is 1. The number of hydrogen-bond donors (Lipinski definition) is 0. The van der Waals surface area contributed by atoms with Crippen LogP contribution in [0.3, 0.4) is 0 Å². The first-order chi connectivity index (χ1) is 9.07. The van der Waals surface area contributed by atoms with Gasteiger partial charge in [-0.15, -0.1) is 0 Å². The molecule has 0 unspecified atom stereocenters. The first-order valence-corrected chi connectivity index (χ1v) is 8.15. The van der Waals surface area contributed by atoms with Crippen molar-refractivity contribution in [3.8, 4) is 0 Å². The van der Waals surface area contributed by atoms with Crippen LogP contribution in [0.1, 0.15) is 30.4 Å². The Hall–Kier alpha value is -1.20. The van der Waals surface area contributed by atoms with E-state index in [1.807, 2.05) is 6.07 Å². The maximum atomic E-state index is 12.5. The molecule has 0 aromatic heterocycles. The van der Waals surface area contributed by atoms with Crippen LogP contribution in [0, 0.1) is 0 Å². The maximum absolute atomic E-state index is 12.5. The number of carbonyl (C=O) groups excluding carboxylic acids is 1. The summed E-state index contributed by atoms with van der Waals surface area (Å²) in [6.45, 7) is 0.477. The molecule has 0 N–H and O–H groups in total. The largest absolute Gasteiger partial charge is 0.298 e. The van der Waals surface area contributed by atoms with E-state index in [1.54, 1.807) is 12.1 Å². The van der Waals surface area contributed by atoms with E-state index in [1.165, 1.54) is 9.87 Å². The fraction of sp³-hybridized carbons (Fsp3) is 0.500. The van der Waals surface area contributed by atoms with Gasteiger partial charge in [-0.25, -0.2) is 8.42 Å². The summed E-state index contributed by atoms with van der Waals surface area (Å²) in [5, 5.41) is 0. The number of fused-ring (bicyclic) bond motifs is 1. The van der Waals surface area contributed by atoms with Gasteiger partial charge in [-0.05, 0) is 48.9 Å². The van der Waals surface area contributed by atoms with Gasteiger partial charge in [0.1, 0.15) is 5.78 Å². The quantitative estimate of drug-likeness (QED) is 0.825. The molecule has 0 saturated carbocycles. The summed E-state index contributed by atoms with van der Waals surface area (Å²) in [7, 11) is -3.50. The first-order valence-electron chi connectivity index (χ1n) is 6.71. The van der Waals surface area contributed by atoms with Gasteiger partial charge < -0.3 is 0 Å². The Morgan fingerprint density at radius 1 is 1.00 bits per heavy atom. The number of rotatable bonds is 2. The fourth-order valence-corrected chi connectivity index (χ4v) is 4.38. The molecule has 1 heterocycles. The Kier molecular flexibility index (Phi) is 3.19. The number of ketones is 1. The van der Waals surface area contributed by atoms with E-state index in [0.717, 1.165) is 24.8 Å². The van der Waals surface area contributed by atoms with Crippen molar-refractivity contribution in [1.82, 2.24) is 4.31 Å². The molecule has 3 rings (SSSR count). The van der Waals surface area contributed by atoms with Crippen molar-refractivity contribution in [3.05, 3.63) is 29.3 Å². The number of Topliss-reactive ketones (excluding diaryl/α,β-unsaturated/α-hetero) is 1. The standard InChI is InChI=1S/C14H17NO3S/c16-13-5-2-8-15(10-13)19(17,18)14-7-6-11-3-1-4-12(11)9-14/h6-7,9H,1-5,8,10H2. The van der Waals surface area contributed by atoms with Crippen molar-refractivity contribution in [2.45, 2.75) is 37.0 Å². The maximum Gasteiger partial charge on any atom is 0.243 e. The molecule has 0 radical (unpaired) electrons. The number of sulfonamides is 1. The molecule has 0 bridgehead atoms. The van der Waals surface area contributed by atoms with Crippen LogP contribution < -0.4 is 0 Å². The second kappa shape index (κ2) is 4.72. The van der Waals surface area contributed by atoms with Crippen molar-refractivity contribution in [2.24, 2.45) is 0 Å². The molecule has 1 aromatic carbocycles. The lowest BCUT2D eigenvalue weighted by atomic mass is 10.1. The number of benzene rings is 1. The summed E-state index contributed by atoms with van der Waals surface area (Å²) in [5.74, 6) is 0.0102. The van der Waals surface area contributed by atoms with Crippen LogP contribution in [0.25, 0.3) is 0 Å². The van der Waals surface area contributed by atoms with Gasteiger partial charge >= 0.3 is 0 Å². The minimum absolute atomic E-state index is 0.0102. The number of piperidine rings is 1. The molecule has 0 spiro atoms. The normalized spacial score (nSPS) is 20.5. The monoisotopic (exact) mass is 279 g/mol. The van der Waals surface area contributed by atoms with Crippen LogP contribution in [0.4, 0.5) is 0 Å². The lowest BCUT2D eigenvalue weighted by molar-refractivity contribution is -0.120. The van der Waals surface area contributed by atoms with Crippen LogP contribution in [-0.2, 0) is 27.7 Å². The Morgan fingerprint density at radius 3 is 2.58 bits per heavy atom. The van der Waals surface area contributed by atoms with Crippen molar-refractivity contribution in [2.75, 3.05) is 13.1 Å². The molecule has 2 aliphatic rings. The minimum Gasteiger partial charge on any atom is -0.298 e. The Morgan fingerprint density at radius 2 is 1.79 bits per heavy atom. The van der Waals surface area contributed by atoms with E-state index in [9.17, 15) is 13.2 Å². The van der Waals surface area contributed by atoms with E-state index in [0.29, 0.717) is 24.3 Å². The summed E-state index contributed by atoms with van der Waals surface area (Å²) < 4.78 is 26.3. The SMILES string of the molecule is O=C1CCCN(S(=O)(=O)c2ccc3c(c2)CCC3)C1. The van der Waals surface area contributed by atoms with E-state index in [4.69, 9.17) is 0 Å². The Balaban J connectivity index is 1.93. The zero-order chi connectivity index (χ0) is 13.5. The molecule has 0 atom stereocenters. The smallest absolute Gasteiger partial charge is 0.243 e. The van der Waals surface area contributed by atoms with Crippen molar-refractivity contribution in [3.63, 3.8) is 0 Å². The van der Waals surface area contributed by atoms with Crippen LogP contribution in [0.15, 0.2) is 23.1 Å². The van der Waals surface area contributed by atoms with Crippen LogP contribution in [0.5, 0.6) is 0 Å². The minimum atomic E-state index is -3.50. The average molecular weight is 279 g/mol. The molecule has 19 heavy (non-hydrogen) atoms. The summed E-state index contributed by atoms with van der Waals surface area (Å²) >= 11 is 0. The molecule has 1 saturated heterocycles. The van der Waals surface area contributed by atoms with Gasteiger partial charge in [-0.1, -0.05) is 6.07 Å². The van der Waals surface area contributed by atoms with Gasteiger partial charge in [-0.3, -0.25) is 4.79 Å². The average Bonchev–Trinajstić information content (AvgIpc) is 2.85. The number of aryl methyl sites for hydroxylation is 2. The third-order valence-electron chi connectivity index (χ3n) is 3.92. The van der Waals surface area contributed by atoms with E-state index in [-0.39, 0.29) is 12.3 Å². The lowest BCUT2D eigenvalue weighted by Gasteiger charge is -2.25. The fourth-order valence-electron chi connectivity index (χ4n) is 2.87. The predicted octanol–water partition coefficient (Wildman–Crippen LogP) is 1.53. The Labute approximate surface area is 113 Å². The van der Waals surface area contributed by atoms with E-state index >= 15 is 0 Å². The first kappa shape index (κ1) is 12.8. The summed E-state index contributed by atoms with van der Waals surface area (Å²) in [6.07, 6.45) is 4.22. The molecular formula is C14H17NO3S. The topological polar surface area (TPSA) is 54.5 Å². The van der Waals surface area contributed by atoms with E-state index in [2.05, 4.69) is 0 Å².